The van der Waals surface area contributed by atoms with E-state index in [1.165, 1.54) is 0 Å². The second-order valence-corrected chi connectivity index (χ2v) is 7.15. The number of hydrogen-bond acceptors (Lipinski definition) is 4. The molecule has 5 heteroatoms. The molecule has 0 aliphatic heterocycles. The summed E-state index contributed by atoms with van der Waals surface area (Å²) in [4.78, 5) is 0. The van der Waals surface area contributed by atoms with Crippen molar-refractivity contribution in [3.63, 3.8) is 0 Å². The summed E-state index contributed by atoms with van der Waals surface area (Å²) in [6, 6.07) is 9.72. The van der Waals surface area contributed by atoms with Crippen molar-refractivity contribution >= 4 is 14.0 Å². The topological polar surface area (TPSA) is 36.9 Å². The third-order valence-corrected chi connectivity index (χ3v) is 5.06. The van der Waals surface area contributed by atoms with Gasteiger partial charge in [0.2, 0.25) is 0 Å². The van der Waals surface area contributed by atoms with E-state index < -0.39 is 8.80 Å². The molecule has 0 radical (unpaired) electrons. The SMILES string of the molecule is CO[Si](OC)(OCOCC(C)C)c1ccccc1. The molecule has 1 rings (SSSR count). The van der Waals surface area contributed by atoms with Gasteiger partial charge in [-0.1, -0.05) is 44.2 Å². The summed E-state index contributed by atoms with van der Waals surface area (Å²) in [7, 11) is 0.388. The third-order valence-electron chi connectivity index (χ3n) is 2.45. The molecule has 4 nitrogen and oxygen atoms in total. The zero-order valence-electron chi connectivity index (χ0n) is 11.5. The highest BCUT2D eigenvalue weighted by Gasteiger charge is 2.41. The highest BCUT2D eigenvalue weighted by Crippen LogP contribution is 2.08. The first kappa shape index (κ1) is 15.3. The van der Waals surface area contributed by atoms with E-state index in [0.29, 0.717) is 12.5 Å². The summed E-state index contributed by atoms with van der Waals surface area (Å²) in [6.07, 6.45) is 0. The van der Waals surface area contributed by atoms with Crippen LogP contribution in [0.4, 0.5) is 0 Å². The van der Waals surface area contributed by atoms with E-state index in [9.17, 15) is 0 Å². The van der Waals surface area contributed by atoms with Crippen LogP contribution in [0.15, 0.2) is 30.3 Å². The van der Waals surface area contributed by atoms with Gasteiger partial charge in [0.25, 0.3) is 0 Å². The molecule has 0 spiro atoms. The molecule has 0 saturated heterocycles. The Bertz CT molecular complexity index is 325. The second-order valence-electron chi connectivity index (χ2n) is 4.36. The largest absolute Gasteiger partial charge is 0.538 e. The van der Waals surface area contributed by atoms with Crippen LogP contribution >= 0.6 is 0 Å². The van der Waals surface area contributed by atoms with Crippen LogP contribution in [0, 0.1) is 5.92 Å². The predicted octanol–water partition coefficient (Wildman–Crippen LogP) is 1.77. The van der Waals surface area contributed by atoms with Gasteiger partial charge in [-0.15, -0.1) is 0 Å². The Balaban J connectivity index is 2.64. The van der Waals surface area contributed by atoms with Gasteiger partial charge in [-0.25, -0.2) is 0 Å². The first-order valence-corrected chi connectivity index (χ1v) is 7.74. The Morgan fingerprint density at radius 1 is 1.06 bits per heavy atom. The minimum atomic E-state index is -2.82. The number of ether oxygens (including phenoxy) is 1. The molecule has 0 atom stereocenters. The zero-order chi connectivity index (χ0) is 13.4. The summed E-state index contributed by atoms with van der Waals surface area (Å²) >= 11 is 0. The normalized spacial score (nSPS) is 12.1. The second kappa shape index (κ2) is 7.65. The maximum atomic E-state index is 5.74. The lowest BCUT2D eigenvalue weighted by molar-refractivity contribution is -0.0355. The molecule has 0 saturated carbocycles. The fourth-order valence-electron chi connectivity index (χ4n) is 1.57. The Morgan fingerprint density at radius 3 is 2.17 bits per heavy atom. The molecule has 0 amide bonds. The maximum absolute atomic E-state index is 5.74. The molecule has 1 aromatic rings. The lowest BCUT2D eigenvalue weighted by Crippen LogP contribution is -2.55. The van der Waals surface area contributed by atoms with Gasteiger partial charge in [0.05, 0.1) is 6.61 Å². The van der Waals surface area contributed by atoms with Crippen LogP contribution in [0.3, 0.4) is 0 Å². The minimum absolute atomic E-state index is 0.182. The van der Waals surface area contributed by atoms with Crippen molar-refractivity contribution in [2.24, 2.45) is 5.92 Å². The van der Waals surface area contributed by atoms with E-state index in [1.807, 2.05) is 30.3 Å². The van der Waals surface area contributed by atoms with Crippen molar-refractivity contribution in [2.45, 2.75) is 13.8 Å². The summed E-state index contributed by atoms with van der Waals surface area (Å²) in [5.41, 5.74) is 0. The van der Waals surface area contributed by atoms with Gasteiger partial charge in [0.1, 0.15) is 6.79 Å². The fraction of sp³-hybridized carbons (Fsp3) is 0.538. The van der Waals surface area contributed by atoms with Crippen molar-refractivity contribution in [1.82, 2.24) is 0 Å². The molecule has 0 aliphatic carbocycles. The Morgan fingerprint density at radius 2 is 1.67 bits per heavy atom. The first-order chi connectivity index (χ1) is 8.64. The number of rotatable bonds is 8. The smallest absolute Gasteiger partial charge is 0.373 e. The van der Waals surface area contributed by atoms with Crippen LogP contribution in [0.1, 0.15) is 13.8 Å². The molecule has 0 heterocycles. The average Bonchev–Trinajstić information content (AvgIpc) is 2.40. The molecule has 102 valence electrons. The van der Waals surface area contributed by atoms with E-state index in [0.717, 1.165) is 5.19 Å². The van der Waals surface area contributed by atoms with Crippen molar-refractivity contribution in [3.8, 4) is 0 Å². The van der Waals surface area contributed by atoms with E-state index in [1.54, 1.807) is 14.2 Å². The van der Waals surface area contributed by atoms with Crippen molar-refractivity contribution < 1.29 is 18.0 Å². The summed E-state index contributed by atoms with van der Waals surface area (Å²) in [6.45, 7) is 5.02. The van der Waals surface area contributed by atoms with Gasteiger partial charge >= 0.3 is 8.80 Å². The summed E-state index contributed by atoms with van der Waals surface area (Å²) in [5, 5.41) is 0.933. The minimum Gasteiger partial charge on any atom is -0.373 e. The number of benzene rings is 1. The summed E-state index contributed by atoms with van der Waals surface area (Å²) < 4.78 is 22.2. The fourth-order valence-corrected chi connectivity index (χ4v) is 3.45. The van der Waals surface area contributed by atoms with Crippen molar-refractivity contribution in [1.29, 1.82) is 0 Å². The van der Waals surface area contributed by atoms with Gasteiger partial charge in [-0.3, -0.25) is 0 Å². The molecule has 0 aliphatic rings. The lowest BCUT2D eigenvalue weighted by Gasteiger charge is -2.26. The molecular weight excluding hydrogens is 248 g/mol. The van der Waals surface area contributed by atoms with Crippen LogP contribution < -0.4 is 5.19 Å². The van der Waals surface area contributed by atoms with Crippen molar-refractivity contribution in [2.75, 3.05) is 27.6 Å². The predicted molar refractivity (Wildman–Crippen MR) is 72.6 cm³/mol. The highest BCUT2D eigenvalue weighted by molar-refractivity contribution is 6.75. The van der Waals surface area contributed by atoms with Crippen LogP contribution in [0.25, 0.3) is 0 Å². The average molecular weight is 270 g/mol. The Labute approximate surface area is 110 Å². The zero-order valence-corrected chi connectivity index (χ0v) is 12.5. The first-order valence-electron chi connectivity index (χ1n) is 6.02. The number of hydrogen-bond donors (Lipinski definition) is 0. The molecule has 18 heavy (non-hydrogen) atoms. The molecule has 0 unspecified atom stereocenters. The van der Waals surface area contributed by atoms with E-state index >= 15 is 0 Å². The van der Waals surface area contributed by atoms with Gasteiger partial charge in [-0.2, -0.15) is 0 Å². The molecule has 0 fully saturated rings. The molecule has 0 bridgehead atoms. The Hall–Kier alpha value is -0.723. The monoisotopic (exact) mass is 270 g/mol. The van der Waals surface area contributed by atoms with Gasteiger partial charge in [0, 0.05) is 19.4 Å². The van der Waals surface area contributed by atoms with Crippen LogP contribution in [0.2, 0.25) is 0 Å². The van der Waals surface area contributed by atoms with Gasteiger partial charge in [-0.05, 0) is 5.92 Å². The molecular formula is C13H22O4Si. The van der Waals surface area contributed by atoms with E-state index in [4.69, 9.17) is 18.0 Å². The molecule has 1 aromatic carbocycles. The lowest BCUT2D eigenvalue weighted by atomic mass is 10.2. The molecule has 0 aromatic heterocycles. The van der Waals surface area contributed by atoms with E-state index in [2.05, 4.69) is 13.8 Å². The van der Waals surface area contributed by atoms with E-state index in [-0.39, 0.29) is 6.79 Å². The van der Waals surface area contributed by atoms with Gasteiger partial charge < -0.3 is 18.0 Å². The van der Waals surface area contributed by atoms with Crippen LogP contribution in [0.5, 0.6) is 0 Å². The third kappa shape index (κ3) is 4.19. The quantitative estimate of drug-likeness (QED) is 0.410. The standard InChI is InChI=1S/C13H22O4Si/c1-12(2)10-16-11-17-18(14-3,15-4)13-8-6-5-7-9-13/h5-9,12H,10-11H2,1-4H3. The summed E-state index contributed by atoms with van der Waals surface area (Å²) in [5.74, 6) is 0.478. The maximum Gasteiger partial charge on any atom is 0.538 e. The Kier molecular flexibility index (Phi) is 6.52. The van der Waals surface area contributed by atoms with Crippen LogP contribution in [-0.2, 0) is 18.0 Å². The van der Waals surface area contributed by atoms with Gasteiger partial charge in [0.15, 0.2) is 0 Å². The highest BCUT2D eigenvalue weighted by atomic mass is 28.4. The van der Waals surface area contributed by atoms with Crippen molar-refractivity contribution in [3.05, 3.63) is 30.3 Å². The van der Waals surface area contributed by atoms with Crippen LogP contribution in [-0.4, -0.2) is 36.4 Å². The molecule has 0 N–H and O–H groups in total.